The molecule has 0 bridgehead atoms. The molecule has 1 rings (SSSR count). The van der Waals surface area contributed by atoms with Crippen molar-refractivity contribution in [2.24, 2.45) is 0 Å². The molecule has 0 aliphatic carbocycles. The number of hydrogen-bond acceptors (Lipinski definition) is 3. The van der Waals surface area contributed by atoms with Crippen LogP contribution in [-0.4, -0.2) is 29.5 Å². The molecule has 1 atom stereocenters. The van der Waals surface area contributed by atoms with Crippen molar-refractivity contribution in [1.29, 1.82) is 0 Å². The molecular weight excluding hydrogens is 262 g/mol. The van der Waals surface area contributed by atoms with Crippen LogP contribution in [0.5, 0.6) is 5.75 Å². The van der Waals surface area contributed by atoms with Gasteiger partial charge in [0.05, 0.1) is 16.7 Å². The first-order valence-corrected chi connectivity index (χ1v) is 5.24. The van der Waals surface area contributed by atoms with Crippen molar-refractivity contribution in [2.75, 3.05) is 13.2 Å². The van der Waals surface area contributed by atoms with Gasteiger partial charge in [0.25, 0.3) is 0 Å². The highest BCUT2D eigenvalue weighted by Crippen LogP contribution is 2.35. The van der Waals surface area contributed by atoms with Crippen LogP contribution in [0.4, 0.5) is 0 Å². The van der Waals surface area contributed by atoms with Crippen molar-refractivity contribution < 1.29 is 14.9 Å². The van der Waals surface area contributed by atoms with Gasteiger partial charge in [0, 0.05) is 5.02 Å². The van der Waals surface area contributed by atoms with Gasteiger partial charge in [0.2, 0.25) is 0 Å². The Morgan fingerprint density at radius 3 is 2.20 bits per heavy atom. The van der Waals surface area contributed by atoms with Crippen molar-refractivity contribution in [1.82, 2.24) is 0 Å². The van der Waals surface area contributed by atoms with Crippen LogP contribution in [0.1, 0.15) is 0 Å². The van der Waals surface area contributed by atoms with Gasteiger partial charge in [-0.2, -0.15) is 0 Å². The molecule has 0 spiro atoms. The largest absolute Gasteiger partial charge is 0.488 e. The van der Waals surface area contributed by atoms with E-state index in [0.29, 0.717) is 5.02 Å². The lowest BCUT2D eigenvalue weighted by Gasteiger charge is -2.12. The van der Waals surface area contributed by atoms with Crippen molar-refractivity contribution in [3.8, 4) is 5.75 Å². The molecule has 0 fully saturated rings. The van der Waals surface area contributed by atoms with Gasteiger partial charge >= 0.3 is 0 Å². The van der Waals surface area contributed by atoms with Crippen LogP contribution in [0.15, 0.2) is 12.1 Å². The molecule has 1 aromatic carbocycles. The van der Waals surface area contributed by atoms with E-state index in [1.165, 1.54) is 12.1 Å². The molecule has 0 aromatic heterocycles. The minimum absolute atomic E-state index is 0.0857. The number of rotatable bonds is 4. The molecule has 0 heterocycles. The predicted octanol–water partition coefficient (Wildman–Crippen LogP) is 2.38. The molecular formula is C9H9Cl3O3. The van der Waals surface area contributed by atoms with Gasteiger partial charge in [0.15, 0.2) is 5.75 Å². The van der Waals surface area contributed by atoms with Crippen molar-refractivity contribution in [2.45, 2.75) is 6.10 Å². The zero-order valence-electron chi connectivity index (χ0n) is 7.58. The van der Waals surface area contributed by atoms with Gasteiger partial charge in [0.1, 0.15) is 12.7 Å². The van der Waals surface area contributed by atoms with E-state index >= 15 is 0 Å². The third-order valence-electron chi connectivity index (χ3n) is 1.59. The highest BCUT2D eigenvalue weighted by atomic mass is 35.5. The Labute approximate surface area is 102 Å². The fourth-order valence-electron chi connectivity index (χ4n) is 0.899. The number of hydrogen-bond donors (Lipinski definition) is 2. The van der Waals surface area contributed by atoms with Gasteiger partial charge < -0.3 is 14.9 Å². The molecule has 0 unspecified atom stereocenters. The summed E-state index contributed by atoms with van der Waals surface area (Å²) in [6, 6.07) is 2.96. The fraction of sp³-hybridized carbons (Fsp3) is 0.333. The highest BCUT2D eigenvalue weighted by molar-refractivity contribution is 6.40. The summed E-state index contributed by atoms with van der Waals surface area (Å²) in [4.78, 5) is 0. The summed E-state index contributed by atoms with van der Waals surface area (Å²) >= 11 is 17.3. The minimum Gasteiger partial charge on any atom is -0.488 e. The Kier molecular flexibility index (Phi) is 4.96. The Morgan fingerprint density at radius 1 is 1.20 bits per heavy atom. The van der Waals surface area contributed by atoms with E-state index in [1.54, 1.807) is 0 Å². The quantitative estimate of drug-likeness (QED) is 0.884. The van der Waals surface area contributed by atoms with Crippen LogP contribution < -0.4 is 4.74 Å². The summed E-state index contributed by atoms with van der Waals surface area (Å²) in [5.74, 6) is 0.246. The molecule has 3 nitrogen and oxygen atoms in total. The van der Waals surface area contributed by atoms with Crippen molar-refractivity contribution >= 4 is 34.8 Å². The molecule has 84 valence electrons. The third kappa shape index (κ3) is 3.70. The van der Waals surface area contributed by atoms with Crippen LogP contribution in [0.3, 0.4) is 0 Å². The predicted molar refractivity (Wildman–Crippen MR) is 60.1 cm³/mol. The fourth-order valence-corrected chi connectivity index (χ4v) is 1.83. The maximum absolute atomic E-state index is 9.07. The van der Waals surface area contributed by atoms with E-state index in [2.05, 4.69) is 0 Å². The lowest BCUT2D eigenvalue weighted by molar-refractivity contribution is 0.0537. The molecule has 0 saturated carbocycles. The van der Waals surface area contributed by atoms with Gasteiger partial charge in [-0.3, -0.25) is 0 Å². The molecule has 0 aliphatic heterocycles. The van der Waals surface area contributed by atoms with E-state index in [-0.39, 0.29) is 29.0 Å². The summed E-state index contributed by atoms with van der Waals surface area (Å²) in [5.41, 5.74) is 0. The maximum Gasteiger partial charge on any atom is 0.156 e. The molecule has 0 saturated heterocycles. The summed E-state index contributed by atoms with van der Waals surface area (Å²) in [7, 11) is 0. The monoisotopic (exact) mass is 270 g/mol. The van der Waals surface area contributed by atoms with E-state index in [0.717, 1.165) is 0 Å². The van der Waals surface area contributed by atoms with E-state index in [9.17, 15) is 0 Å². The topological polar surface area (TPSA) is 49.7 Å². The van der Waals surface area contributed by atoms with Crippen molar-refractivity contribution in [3.63, 3.8) is 0 Å². The highest BCUT2D eigenvalue weighted by Gasteiger charge is 2.11. The zero-order valence-corrected chi connectivity index (χ0v) is 9.85. The van der Waals surface area contributed by atoms with Crippen molar-refractivity contribution in [3.05, 3.63) is 27.2 Å². The minimum atomic E-state index is -0.965. The second kappa shape index (κ2) is 5.77. The first kappa shape index (κ1) is 12.9. The third-order valence-corrected chi connectivity index (χ3v) is 2.37. The van der Waals surface area contributed by atoms with Crippen LogP contribution in [0.2, 0.25) is 15.1 Å². The van der Waals surface area contributed by atoms with E-state index < -0.39 is 6.10 Å². The van der Waals surface area contributed by atoms with Crippen LogP contribution in [0, 0.1) is 0 Å². The molecule has 0 aliphatic rings. The zero-order chi connectivity index (χ0) is 11.4. The standard InChI is InChI=1S/C9H9Cl3O3/c10-5-1-7(11)9(8(12)2-5)15-4-6(14)3-13/h1-2,6,13-14H,3-4H2/t6-/m1/s1. The maximum atomic E-state index is 9.07. The molecule has 0 radical (unpaired) electrons. The van der Waals surface area contributed by atoms with E-state index in [1.807, 2.05) is 0 Å². The molecule has 15 heavy (non-hydrogen) atoms. The van der Waals surface area contributed by atoms with Crippen LogP contribution >= 0.6 is 34.8 Å². The molecule has 6 heteroatoms. The number of benzene rings is 1. The van der Waals surface area contributed by atoms with E-state index in [4.69, 9.17) is 49.8 Å². The molecule has 0 amide bonds. The Bertz CT molecular complexity index is 320. The Balaban J connectivity index is 2.77. The Hall–Kier alpha value is -0.190. The lowest BCUT2D eigenvalue weighted by atomic mass is 10.3. The number of halogens is 3. The van der Waals surface area contributed by atoms with Gasteiger partial charge in [-0.25, -0.2) is 0 Å². The number of ether oxygens (including phenoxy) is 1. The summed E-state index contributed by atoms with van der Waals surface area (Å²) < 4.78 is 5.14. The first-order chi connectivity index (χ1) is 7.04. The average molecular weight is 272 g/mol. The normalized spacial score (nSPS) is 12.6. The SMILES string of the molecule is OC[C@@H](O)COc1c(Cl)cc(Cl)cc1Cl. The Morgan fingerprint density at radius 2 is 1.73 bits per heavy atom. The first-order valence-electron chi connectivity index (χ1n) is 4.11. The molecule has 2 N–H and O–H groups in total. The second-order valence-electron chi connectivity index (χ2n) is 2.85. The lowest BCUT2D eigenvalue weighted by Crippen LogP contribution is -2.21. The number of aliphatic hydroxyl groups is 2. The van der Waals surface area contributed by atoms with Gasteiger partial charge in [-0.05, 0) is 12.1 Å². The smallest absolute Gasteiger partial charge is 0.156 e. The number of aliphatic hydroxyl groups excluding tert-OH is 2. The second-order valence-corrected chi connectivity index (χ2v) is 4.10. The van der Waals surface area contributed by atoms with Crippen LogP contribution in [0.25, 0.3) is 0 Å². The average Bonchev–Trinajstić information content (AvgIpc) is 2.15. The summed E-state index contributed by atoms with van der Waals surface area (Å²) in [5, 5.41) is 18.6. The summed E-state index contributed by atoms with van der Waals surface area (Å²) in [6.07, 6.45) is -0.965. The van der Waals surface area contributed by atoms with Gasteiger partial charge in [-0.15, -0.1) is 0 Å². The van der Waals surface area contributed by atoms with Gasteiger partial charge in [-0.1, -0.05) is 34.8 Å². The van der Waals surface area contributed by atoms with Crippen LogP contribution in [-0.2, 0) is 0 Å². The molecule has 1 aromatic rings. The summed E-state index contributed by atoms with van der Waals surface area (Å²) in [6.45, 7) is -0.472.